The highest BCUT2D eigenvalue weighted by atomic mass is 35.5. The fraction of sp³-hybridized carbons (Fsp3) is 0.444. The van der Waals surface area contributed by atoms with Crippen LogP contribution in [-0.4, -0.2) is 107 Å². The molecule has 5 aliphatic heterocycles. The molecule has 2 aromatic carbocycles. The Labute approximate surface area is 368 Å². The molecule has 9 rings (SSSR count). The molecule has 3 saturated heterocycles. The highest BCUT2D eigenvalue weighted by Gasteiger charge is 2.37. The molecule has 2 N–H and O–H groups in total. The van der Waals surface area contributed by atoms with E-state index in [1.54, 1.807) is 23.0 Å². The van der Waals surface area contributed by atoms with E-state index in [9.17, 15) is 19.2 Å². The normalized spacial score (nSPS) is 22.8. The number of anilines is 3. The van der Waals surface area contributed by atoms with E-state index in [4.69, 9.17) is 16.3 Å². The van der Waals surface area contributed by atoms with E-state index < -0.39 is 35.3 Å². The average Bonchev–Trinajstić information content (AvgIpc) is 3.97. The van der Waals surface area contributed by atoms with Crippen LogP contribution in [-0.2, 0) is 28.0 Å². The number of hydrogen-bond donors (Lipinski definition) is 2. The minimum Gasteiger partial charge on any atom is -0.477 e. The van der Waals surface area contributed by atoms with Crippen LogP contribution in [0.3, 0.4) is 0 Å². The number of imide groups is 1. The molecule has 2 bridgehead atoms. The monoisotopic (exact) mass is 882 g/mol. The Morgan fingerprint density at radius 2 is 1.73 bits per heavy atom. The minimum absolute atomic E-state index is 0.0156. The van der Waals surface area contributed by atoms with Crippen LogP contribution in [0.25, 0.3) is 11.3 Å². The first-order chi connectivity index (χ1) is 30.3. The Hall–Kier alpha value is -5.94. The maximum Gasteiger partial charge on any atom is 0.280 e. The molecule has 15 nitrogen and oxygen atoms in total. The van der Waals surface area contributed by atoms with Gasteiger partial charge in [0.1, 0.15) is 11.6 Å². The van der Waals surface area contributed by atoms with Crippen LogP contribution in [0.4, 0.5) is 25.8 Å². The van der Waals surface area contributed by atoms with E-state index in [2.05, 4.69) is 43.6 Å². The number of nitrogens with one attached hydrogen (secondary N) is 2. The molecule has 3 atom stereocenters. The molecular formula is C45H49ClF2N10O5. The van der Waals surface area contributed by atoms with E-state index >= 15 is 8.78 Å². The van der Waals surface area contributed by atoms with Gasteiger partial charge < -0.3 is 24.8 Å². The second-order valence-electron chi connectivity index (χ2n) is 17.3. The predicted octanol–water partition coefficient (Wildman–Crippen LogP) is 5.65. The molecule has 5 aliphatic rings. The molecule has 0 aliphatic carbocycles. The van der Waals surface area contributed by atoms with Crippen LogP contribution in [0.2, 0.25) is 5.02 Å². The first kappa shape index (κ1) is 42.4. The highest BCUT2D eigenvalue weighted by molar-refractivity contribution is 6.36. The quantitative estimate of drug-likeness (QED) is 0.239. The van der Waals surface area contributed by atoms with Crippen molar-refractivity contribution in [1.29, 1.82) is 0 Å². The number of aromatic nitrogens is 3. The zero-order valence-electron chi connectivity index (χ0n) is 35.4. The summed E-state index contributed by atoms with van der Waals surface area (Å²) in [6.07, 6.45) is 3.97. The van der Waals surface area contributed by atoms with Gasteiger partial charge in [-0.05, 0) is 80.5 Å². The molecule has 2 aromatic heterocycles. The van der Waals surface area contributed by atoms with Gasteiger partial charge in [-0.3, -0.25) is 34.4 Å². The number of ether oxygens (including phenoxy) is 1. The molecule has 18 heteroatoms. The third kappa shape index (κ3) is 8.60. The lowest BCUT2D eigenvalue weighted by molar-refractivity contribution is -0.137. The number of amides is 4. The SMILES string of the molecule is Cc1cc2cc(n1)-c1cnn(C)c1OCCC[C@@H](C)CN1/C(=N/C2=O)Nc2c(Cl)cc(CN3CCN(C(=O)[C@@H]4CCN(c5cc(F)c([C@H]6CCC(=O)NC6=O)c(F)c5)C4)CC3)cc21. The van der Waals surface area contributed by atoms with Crippen LogP contribution in [0, 0.1) is 30.4 Å². The summed E-state index contributed by atoms with van der Waals surface area (Å²) in [4.78, 5) is 68.8. The van der Waals surface area contributed by atoms with E-state index in [1.807, 2.05) is 34.7 Å². The molecule has 4 amide bonds. The number of rotatable bonds is 5. The third-order valence-corrected chi connectivity index (χ3v) is 13.0. The fourth-order valence-corrected chi connectivity index (χ4v) is 9.69. The van der Waals surface area contributed by atoms with E-state index in [0.717, 1.165) is 24.1 Å². The van der Waals surface area contributed by atoms with Gasteiger partial charge in [0.05, 0.1) is 52.3 Å². The van der Waals surface area contributed by atoms with Gasteiger partial charge in [0.2, 0.25) is 29.6 Å². The molecule has 0 saturated carbocycles. The van der Waals surface area contributed by atoms with Gasteiger partial charge in [-0.1, -0.05) is 18.5 Å². The minimum atomic E-state index is -1.07. The lowest BCUT2D eigenvalue weighted by atomic mass is 9.89. The number of piperazine rings is 1. The van der Waals surface area contributed by atoms with Gasteiger partial charge in [-0.2, -0.15) is 10.1 Å². The van der Waals surface area contributed by atoms with Gasteiger partial charge in [0, 0.05) is 88.3 Å². The molecule has 3 fully saturated rings. The second kappa shape index (κ2) is 17.3. The number of halogens is 3. The van der Waals surface area contributed by atoms with Gasteiger partial charge in [0.25, 0.3) is 5.91 Å². The number of benzene rings is 2. The summed E-state index contributed by atoms with van der Waals surface area (Å²) in [5.41, 5.74) is 4.83. The van der Waals surface area contributed by atoms with Crippen molar-refractivity contribution in [2.24, 2.45) is 23.9 Å². The number of aryl methyl sites for hydroxylation is 2. The smallest absolute Gasteiger partial charge is 0.280 e. The van der Waals surface area contributed by atoms with Crippen molar-refractivity contribution >= 4 is 58.3 Å². The molecule has 330 valence electrons. The van der Waals surface area contributed by atoms with Crippen molar-refractivity contribution in [3.05, 3.63) is 81.6 Å². The molecule has 4 aromatic rings. The topological polar surface area (TPSA) is 158 Å². The standard InChI is InChI=1S/C45H49ClF2N10O5/c1-25-5-4-14-63-44-32(21-49-54(44)3)36-18-29(15-26(2)50-36)41(60)53-45-52-40-33(46)16-27(17-37(40)58(45)22-25)23-55-10-12-56(13-11-55)43(62)28-8-9-57(24-28)30-19-34(47)39(35(48)20-30)31-6-7-38(59)51-42(31)61/h15-21,25,28,31H,4-14,22-24H2,1-3H3,(H,51,59,61)(H,52,53,60)/t25-,28-,31-/m1/s1. The van der Waals surface area contributed by atoms with Crippen molar-refractivity contribution in [1.82, 2.24) is 29.9 Å². The van der Waals surface area contributed by atoms with Gasteiger partial charge >= 0.3 is 0 Å². The van der Waals surface area contributed by atoms with Crippen LogP contribution in [0.1, 0.15) is 72.1 Å². The zero-order chi connectivity index (χ0) is 44.1. The van der Waals surface area contributed by atoms with Crippen molar-refractivity contribution in [2.45, 2.75) is 58.4 Å². The zero-order valence-corrected chi connectivity index (χ0v) is 36.2. The van der Waals surface area contributed by atoms with Crippen molar-refractivity contribution in [3.63, 3.8) is 0 Å². The highest BCUT2D eigenvalue weighted by Crippen LogP contribution is 2.41. The molecule has 7 heterocycles. The summed E-state index contributed by atoms with van der Waals surface area (Å²) in [6.45, 7) is 8.81. The first-order valence-corrected chi connectivity index (χ1v) is 21.9. The summed E-state index contributed by atoms with van der Waals surface area (Å²) in [5.74, 6) is -3.43. The van der Waals surface area contributed by atoms with Gasteiger partial charge in [-0.25, -0.2) is 13.5 Å². The predicted molar refractivity (Wildman–Crippen MR) is 233 cm³/mol. The number of nitrogens with zero attached hydrogens (tertiary/aromatic N) is 8. The van der Waals surface area contributed by atoms with Crippen molar-refractivity contribution in [3.8, 4) is 17.1 Å². The molecular weight excluding hydrogens is 834 g/mol. The van der Waals surface area contributed by atoms with Gasteiger partial charge in [0.15, 0.2) is 0 Å². The van der Waals surface area contributed by atoms with Crippen LogP contribution < -0.4 is 25.2 Å². The first-order valence-electron chi connectivity index (χ1n) is 21.5. The third-order valence-electron chi connectivity index (χ3n) is 12.7. The largest absolute Gasteiger partial charge is 0.477 e. The Bertz CT molecular complexity index is 2520. The molecule has 0 spiro atoms. The fourth-order valence-electron chi connectivity index (χ4n) is 9.40. The number of fused-ring (bicyclic) bond motifs is 7. The Morgan fingerprint density at radius 1 is 0.952 bits per heavy atom. The lowest BCUT2D eigenvalue weighted by Gasteiger charge is -2.36. The number of guanidine groups is 1. The number of carbonyl (C=O) groups excluding carboxylic acids is 4. The lowest BCUT2D eigenvalue weighted by Crippen LogP contribution is -2.50. The number of hydrogen-bond acceptors (Lipinski definition) is 11. The van der Waals surface area contributed by atoms with Crippen LogP contribution in [0.5, 0.6) is 5.88 Å². The Kier molecular flexibility index (Phi) is 11.6. The van der Waals surface area contributed by atoms with E-state index in [-0.39, 0.29) is 36.1 Å². The maximum atomic E-state index is 15.3. The number of carbonyl (C=O) groups is 4. The van der Waals surface area contributed by atoms with E-state index in [0.29, 0.717) is 116 Å². The van der Waals surface area contributed by atoms with Gasteiger partial charge in [-0.15, -0.1) is 0 Å². The summed E-state index contributed by atoms with van der Waals surface area (Å²) in [7, 11) is 1.82. The number of pyridine rings is 1. The molecule has 0 radical (unpaired) electrons. The summed E-state index contributed by atoms with van der Waals surface area (Å²) in [6, 6.07) is 9.90. The van der Waals surface area contributed by atoms with Crippen LogP contribution >= 0.6 is 11.6 Å². The Balaban J connectivity index is 0.855. The summed E-state index contributed by atoms with van der Waals surface area (Å²) in [5, 5.41) is 10.4. The average molecular weight is 883 g/mol. The summed E-state index contributed by atoms with van der Waals surface area (Å²) >= 11 is 6.97. The van der Waals surface area contributed by atoms with E-state index in [1.165, 1.54) is 12.1 Å². The van der Waals surface area contributed by atoms with Crippen LogP contribution in [0.15, 0.2) is 47.6 Å². The summed E-state index contributed by atoms with van der Waals surface area (Å²) < 4.78 is 38.5. The molecule has 63 heavy (non-hydrogen) atoms. The Morgan fingerprint density at radius 3 is 2.49 bits per heavy atom. The van der Waals surface area contributed by atoms with Crippen molar-refractivity contribution in [2.75, 3.05) is 67.5 Å². The molecule has 0 unspecified atom stereocenters. The van der Waals surface area contributed by atoms with Crippen molar-refractivity contribution < 1.29 is 32.7 Å². The number of piperidine rings is 1. The maximum absolute atomic E-state index is 15.3. The second-order valence-corrected chi connectivity index (χ2v) is 17.7. The number of aliphatic imine (C=N–C) groups is 1.